The zero-order valence-electron chi connectivity index (χ0n) is 17.2. The largest absolute Gasteiger partial charge is 0.351 e. The second-order valence-corrected chi connectivity index (χ2v) is 8.84. The smallest absolute Gasteiger partial charge is 0.248 e. The minimum Gasteiger partial charge on any atom is -0.351 e. The Morgan fingerprint density at radius 1 is 1.03 bits per heavy atom. The van der Waals surface area contributed by atoms with Gasteiger partial charge in [0.05, 0.1) is 6.42 Å². The average molecular weight is 437 g/mol. The first-order valence-corrected chi connectivity index (χ1v) is 11.4. The molecule has 31 heavy (non-hydrogen) atoms. The van der Waals surface area contributed by atoms with Crippen LogP contribution in [0.3, 0.4) is 0 Å². The zero-order valence-corrected chi connectivity index (χ0v) is 18.0. The third kappa shape index (κ3) is 5.20. The van der Waals surface area contributed by atoms with Crippen molar-refractivity contribution in [3.63, 3.8) is 0 Å². The van der Waals surface area contributed by atoms with Gasteiger partial charge in [0.2, 0.25) is 11.8 Å². The number of halogens is 1. The van der Waals surface area contributed by atoms with E-state index in [0.29, 0.717) is 11.3 Å². The van der Waals surface area contributed by atoms with Crippen LogP contribution in [0.5, 0.6) is 0 Å². The molecule has 1 aromatic heterocycles. The summed E-state index contributed by atoms with van der Waals surface area (Å²) in [5.74, 6) is -0.931. The molecule has 2 amide bonds. The van der Waals surface area contributed by atoms with Gasteiger partial charge in [-0.1, -0.05) is 55.3 Å². The maximum atomic E-state index is 14.1. The topological polar surface area (TPSA) is 49.4 Å². The van der Waals surface area contributed by atoms with Crippen LogP contribution in [0.2, 0.25) is 0 Å². The summed E-state index contributed by atoms with van der Waals surface area (Å²) in [5.41, 5.74) is 1.07. The summed E-state index contributed by atoms with van der Waals surface area (Å²) in [6.07, 6.45) is 4.21. The molecule has 1 atom stereocenters. The predicted molar refractivity (Wildman–Crippen MR) is 121 cm³/mol. The van der Waals surface area contributed by atoms with E-state index in [0.717, 1.165) is 30.6 Å². The van der Waals surface area contributed by atoms with Gasteiger partial charge in [-0.25, -0.2) is 4.39 Å². The quantitative estimate of drug-likeness (QED) is 0.549. The summed E-state index contributed by atoms with van der Waals surface area (Å²) < 4.78 is 14.1. The van der Waals surface area contributed by atoms with Crippen molar-refractivity contribution in [2.75, 3.05) is 4.90 Å². The first kappa shape index (κ1) is 21.2. The minimum absolute atomic E-state index is 0.112. The molecule has 160 valence electrons. The fourth-order valence-electron chi connectivity index (χ4n) is 4.11. The van der Waals surface area contributed by atoms with Crippen molar-refractivity contribution < 1.29 is 14.0 Å². The van der Waals surface area contributed by atoms with Crippen LogP contribution in [0.1, 0.15) is 42.2 Å². The molecule has 1 N–H and O–H groups in total. The minimum atomic E-state index is -0.879. The van der Waals surface area contributed by atoms with E-state index in [1.807, 2.05) is 47.8 Å². The monoisotopic (exact) mass is 436 g/mol. The molecule has 1 heterocycles. The van der Waals surface area contributed by atoms with Crippen LogP contribution in [0.25, 0.3) is 0 Å². The van der Waals surface area contributed by atoms with Gasteiger partial charge in [-0.15, -0.1) is 11.3 Å². The van der Waals surface area contributed by atoms with Crippen molar-refractivity contribution in [2.45, 2.75) is 44.2 Å². The van der Waals surface area contributed by atoms with E-state index in [9.17, 15) is 14.0 Å². The Hall–Kier alpha value is -2.99. The second kappa shape index (κ2) is 9.88. The molecule has 0 saturated heterocycles. The normalized spacial score (nSPS) is 14.9. The highest BCUT2D eigenvalue weighted by Gasteiger charge is 2.34. The van der Waals surface area contributed by atoms with Crippen LogP contribution in [-0.2, 0) is 16.0 Å². The van der Waals surface area contributed by atoms with Crippen molar-refractivity contribution in [1.29, 1.82) is 0 Å². The summed E-state index contributed by atoms with van der Waals surface area (Å²) >= 11 is 1.49. The average Bonchev–Trinajstić information content (AvgIpc) is 3.46. The summed E-state index contributed by atoms with van der Waals surface area (Å²) in [6, 6.07) is 18.1. The molecule has 4 rings (SSSR count). The van der Waals surface area contributed by atoms with E-state index in [-0.39, 0.29) is 24.3 Å². The Morgan fingerprint density at radius 2 is 1.81 bits per heavy atom. The van der Waals surface area contributed by atoms with E-state index in [1.54, 1.807) is 12.1 Å². The lowest BCUT2D eigenvalue weighted by Gasteiger charge is -2.32. The molecule has 0 radical (unpaired) electrons. The molecular formula is C25H25FN2O2S. The highest BCUT2D eigenvalue weighted by Crippen LogP contribution is 2.30. The number of benzene rings is 2. The maximum absolute atomic E-state index is 14.1. The SMILES string of the molecule is O=C(NC1CCCC1)[C@@H](c1ccccc1)N(C(=O)Cc1cccs1)c1cccc(F)c1. The first-order chi connectivity index (χ1) is 15.1. The molecule has 4 nitrogen and oxygen atoms in total. The van der Waals surface area contributed by atoms with Gasteiger partial charge in [-0.2, -0.15) is 0 Å². The molecule has 1 aliphatic carbocycles. The van der Waals surface area contributed by atoms with Crippen LogP contribution >= 0.6 is 11.3 Å². The maximum Gasteiger partial charge on any atom is 0.248 e. The Balaban J connectivity index is 1.74. The van der Waals surface area contributed by atoms with Gasteiger partial charge in [0.25, 0.3) is 0 Å². The number of hydrogen-bond donors (Lipinski definition) is 1. The number of nitrogens with one attached hydrogen (secondary N) is 1. The van der Waals surface area contributed by atoms with Crippen molar-refractivity contribution in [1.82, 2.24) is 5.32 Å². The molecule has 1 fully saturated rings. The third-order valence-corrected chi connectivity index (χ3v) is 6.46. The summed E-state index contributed by atoms with van der Waals surface area (Å²) in [6.45, 7) is 0. The van der Waals surface area contributed by atoms with Gasteiger partial charge in [0, 0.05) is 16.6 Å². The van der Waals surface area contributed by atoms with Crippen molar-refractivity contribution in [3.8, 4) is 0 Å². The Labute approximate surface area is 185 Å². The fourth-order valence-corrected chi connectivity index (χ4v) is 4.81. The Bertz CT molecular complexity index is 1020. The molecule has 0 aliphatic heterocycles. The molecule has 0 bridgehead atoms. The number of nitrogens with zero attached hydrogens (tertiary/aromatic N) is 1. The van der Waals surface area contributed by atoms with Gasteiger partial charge in [0.1, 0.15) is 11.9 Å². The molecule has 6 heteroatoms. The van der Waals surface area contributed by atoms with E-state index < -0.39 is 11.9 Å². The lowest BCUT2D eigenvalue weighted by atomic mass is 10.0. The van der Waals surface area contributed by atoms with E-state index in [1.165, 1.54) is 28.4 Å². The van der Waals surface area contributed by atoms with Gasteiger partial charge < -0.3 is 5.32 Å². The van der Waals surface area contributed by atoms with Gasteiger partial charge in [-0.05, 0) is 48.1 Å². The van der Waals surface area contributed by atoms with E-state index in [2.05, 4.69) is 5.32 Å². The second-order valence-electron chi connectivity index (χ2n) is 7.80. The molecule has 2 aromatic carbocycles. The number of thiophene rings is 1. The van der Waals surface area contributed by atoms with Gasteiger partial charge in [-0.3, -0.25) is 14.5 Å². The number of amides is 2. The zero-order chi connectivity index (χ0) is 21.6. The predicted octanol–water partition coefficient (Wildman–Crippen LogP) is 5.26. The van der Waals surface area contributed by atoms with Crippen LogP contribution in [-0.4, -0.2) is 17.9 Å². The van der Waals surface area contributed by atoms with Crippen LogP contribution in [0.4, 0.5) is 10.1 Å². The Kier molecular flexibility index (Phi) is 6.77. The van der Waals surface area contributed by atoms with Crippen LogP contribution in [0, 0.1) is 5.82 Å². The lowest BCUT2D eigenvalue weighted by molar-refractivity contribution is -0.127. The number of carbonyl (C=O) groups excluding carboxylic acids is 2. The lowest BCUT2D eigenvalue weighted by Crippen LogP contribution is -2.46. The van der Waals surface area contributed by atoms with Crippen molar-refractivity contribution in [2.24, 2.45) is 0 Å². The molecular weight excluding hydrogens is 411 g/mol. The number of hydrogen-bond acceptors (Lipinski definition) is 3. The molecule has 3 aromatic rings. The highest BCUT2D eigenvalue weighted by atomic mass is 32.1. The van der Waals surface area contributed by atoms with Crippen LogP contribution in [0.15, 0.2) is 72.1 Å². The standard InChI is InChI=1S/C25H25FN2O2S/c26-19-10-6-13-21(16-19)28(23(29)17-22-14-7-15-31-22)24(18-8-2-1-3-9-18)25(30)27-20-11-4-5-12-20/h1-3,6-10,13-16,20,24H,4-5,11-12,17H2,(H,27,30)/t24-/m1/s1. The first-order valence-electron chi connectivity index (χ1n) is 10.6. The Morgan fingerprint density at radius 3 is 2.48 bits per heavy atom. The summed E-state index contributed by atoms with van der Waals surface area (Å²) in [4.78, 5) is 29.4. The number of carbonyl (C=O) groups is 2. The number of rotatable bonds is 7. The van der Waals surface area contributed by atoms with Crippen molar-refractivity contribution >= 4 is 28.8 Å². The van der Waals surface area contributed by atoms with Crippen LogP contribution < -0.4 is 10.2 Å². The third-order valence-electron chi connectivity index (χ3n) is 5.58. The summed E-state index contributed by atoms with van der Waals surface area (Å²) in [7, 11) is 0. The summed E-state index contributed by atoms with van der Waals surface area (Å²) in [5, 5.41) is 5.05. The van der Waals surface area contributed by atoms with Gasteiger partial charge >= 0.3 is 0 Å². The van der Waals surface area contributed by atoms with E-state index >= 15 is 0 Å². The van der Waals surface area contributed by atoms with Gasteiger partial charge in [0.15, 0.2) is 0 Å². The van der Waals surface area contributed by atoms with Crippen molar-refractivity contribution in [3.05, 3.63) is 88.4 Å². The molecule has 0 unspecified atom stereocenters. The number of anilines is 1. The molecule has 1 aliphatic rings. The molecule has 0 spiro atoms. The highest BCUT2D eigenvalue weighted by molar-refractivity contribution is 7.10. The van der Waals surface area contributed by atoms with E-state index in [4.69, 9.17) is 0 Å². The molecule has 1 saturated carbocycles. The fraction of sp³-hybridized carbons (Fsp3) is 0.280.